The van der Waals surface area contributed by atoms with E-state index >= 15 is 0 Å². The Balaban J connectivity index is 1.66. The van der Waals surface area contributed by atoms with Crippen molar-refractivity contribution in [2.75, 3.05) is 6.61 Å². The van der Waals surface area contributed by atoms with Crippen LogP contribution in [-0.2, 0) is 22.4 Å². The minimum atomic E-state index is -0.818. The van der Waals surface area contributed by atoms with Crippen LogP contribution in [0.25, 0.3) is 0 Å². The fourth-order valence-electron chi connectivity index (χ4n) is 4.51. The molecule has 2 atom stereocenters. The third-order valence-electron chi connectivity index (χ3n) is 6.31. The molecular formula is C27H36O5. The van der Waals surface area contributed by atoms with E-state index in [0.717, 1.165) is 36.3 Å². The Morgan fingerprint density at radius 3 is 2.59 bits per heavy atom. The largest absolute Gasteiger partial charge is 0.491 e. The number of carbonyl (C=O) groups is 1. The van der Waals surface area contributed by atoms with Crippen LogP contribution in [0.3, 0.4) is 0 Å². The van der Waals surface area contributed by atoms with Gasteiger partial charge in [-0.15, -0.1) is 0 Å². The van der Waals surface area contributed by atoms with Gasteiger partial charge in [-0.05, 0) is 70.1 Å². The molecular weight excluding hydrogens is 404 g/mol. The van der Waals surface area contributed by atoms with Gasteiger partial charge in [0.15, 0.2) is 5.60 Å². The minimum absolute atomic E-state index is 0.0426. The highest BCUT2D eigenvalue weighted by molar-refractivity contribution is 5.67. The normalized spacial score (nSPS) is 20.0. The summed E-state index contributed by atoms with van der Waals surface area (Å²) >= 11 is 0. The zero-order valence-electron chi connectivity index (χ0n) is 19.7. The van der Waals surface area contributed by atoms with Gasteiger partial charge in [-0.3, -0.25) is 4.79 Å². The molecule has 1 heterocycles. The third-order valence-corrected chi connectivity index (χ3v) is 6.31. The molecule has 0 fully saturated rings. The van der Waals surface area contributed by atoms with Gasteiger partial charge in [0, 0.05) is 26.0 Å². The number of aliphatic hydroxyl groups is 1. The minimum Gasteiger partial charge on any atom is -0.491 e. The molecule has 2 aromatic carbocycles. The Kier molecular flexibility index (Phi) is 7.83. The Morgan fingerprint density at radius 1 is 1.16 bits per heavy atom. The molecule has 2 aromatic rings. The van der Waals surface area contributed by atoms with E-state index in [4.69, 9.17) is 14.2 Å². The number of hydrogen-bond donors (Lipinski definition) is 1. The third kappa shape index (κ3) is 5.83. The van der Waals surface area contributed by atoms with Gasteiger partial charge in [-0.25, -0.2) is 0 Å². The van der Waals surface area contributed by atoms with Gasteiger partial charge in [0.2, 0.25) is 0 Å². The van der Waals surface area contributed by atoms with Crippen LogP contribution in [-0.4, -0.2) is 35.0 Å². The van der Waals surface area contributed by atoms with Crippen molar-refractivity contribution < 1.29 is 24.1 Å². The first-order chi connectivity index (χ1) is 15.2. The van der Waals surface area contributed by atoms with Crippen molar-refractivity contribution in [3.63, 3.8) is 0 Å². The molecule has 174 valence electrons. The van der Waals surface area contributed by atoms with Crippen LogP contribution in [0.1, 0.15) is 64.5 Å². The number of benzene rings is 2. The maximum absolute atomic E-state index is 11.9. The summed E-state index contributed by atoms with van der Waals surface area (Å²) in [6.07, 6.45) is 4.79. The Bertz CT molecular complexity index is 892. The molecule has 3 rings (SSSR count). The van der Waals surface area contributed by atoms with Crippen LogP contribution in [0, 0.1) is 0 Å². The van der Waals surface area contributed by atoms with Crippen molar-refractivity contribution in [1.29, 1.82) is 0 Å². The molecule has 5 nitrogen and oxygen atoms in total. The van der Waals surface area contributed by atoms with Crippen LogP contribution in [0.15, 0.2) is 48.5 Å². The van der Waals surface area contributed by atoms with E-state index in [1.165, 1.54) is 12.5 Å². The van der Waals surface area contributed by atoms with Crippen LogP contribution in [0.5, 0.6) is 11.5 Å². The number of ether oxygens (including phenoxy) is 3. The molecule has 0 spiro atoms. The smallest absolute Gasteiger partial charge is 0.303 e. The van der Waals surface area contributed by atoms with E-state index in [9.17, 15) is 9.90 Å². The molecule has 0 saturated carbocycles. The monoisotopic (exact) mass is 440 g/mol. The molecule has 1 N–H and O–H groups in total. The number of aryl methyl sites for hydroxylation is 1. The number of hydrogen-bond acceptors (Lipinski definition) is 5. The van der Waals surface area contributed by atoms with Crippen molar-refractivity contribution in [1.82, 2.24) is 0 Å². The fourth-order valence-corrected chi connectivity index (χ4v) is 4.51. The average molecular weight is 441 g/mol. The second-order valence-corrected chi connectivity index (χ2v) is 9.28. The molecule has 0 bridgehead atoms. The first-order valence-corrected chi connectivity index (χ1v) is 11.6. The molecule has 1 aliphatic heterocycles. The van der Waals surface area contributed by atoms with E-state index in [1.807, 2.05) is 38.1 Å². The summed E-state index contributed by atoms with van der Waals surface area (Å²) in [7, 11) is 0. The number of fused-ring (bicyclic) bond motifs is 1. The maximum atomic E-state index is 11.9. The second kappa shape index (κ2) is 10.4. The number of carbonyl (C=O) groups excluding carboxylic acids is 1. The van der Waals surface area contributed by atoms with E-state index in [0.29, 0.717) is 19.3 Å². The maximum Gasteiger partial charge on any atom is 0.303 e. The van der Waals surface area contributed by atoms with Crippen LogP contribution in [0.4, 0.5) is 0 Å². The highest BCUT2D eigenvalue weighted by Crippen LogP contribution is 2.45. The quantitative estimate of drug-likeness (QED) is 0.510. The predicted octanol–water partition coefficient (Wildman–Crippen LogP) is 5.26. The standard InChI is InChI=1S/C27H36O5/c1-20(10-8-13-22-11-6-5-7-12-22)30-24-15-14-23-19-27(16-9-17-28,31-21(2)29)26(3,4)32-25(23)18-24/h5-7,11-12,14-15,18,20,28H,8-10,13,16-17,19H2,1-4H3. The van der Waals surface area contributed by atoms with Crippen LogP contribution < -0.4 is 9.47 Å². The molecule has 2 unspecified atom stereocenters. The van der Waals surface area contributed by atoms with Gasteiger partial charge in [-0.1, -0.05) is 36.4 Å². The summed E-state index contributed by atoms with van der Waals surface area (Å²) in [4.78, 5) is 11.9. The van der Waals surface area contributed by atoms with E-state index < -0.39 is 11.2 Å². The Hall–Kier alpha value is -2.53. The van der Waals surface area contributed by atoms with Gasteiger partial charge in [-0.2, -0.15) is 0 Å². The van der Waals surface area contributed by atoms with Crippen molar-refractivity contribution in [3.8, 4) is 11.5 Å². The van der Waals surface area contributed by atoms with Gasteiger partial charge in [0.05, 0.1) is 6.10 Å². The lowest BCUT2D eigenvalue weighted by Crippen LogP contribution is -2.60. The predicted molar refractivity (Wildman–Crippen MR) is 125 cm³/mol. The van der Waals surface area contributed by atoms with Gasteiger partial charge >= 0.3 is 5.97 Å². The summed E-state index contributed by atoms with van der Waals surface area (Å²) in [6, 6.07) is 16.4. The summed E-state index contributed by atoms with van der Waals surface area (Å²) in [5.74, 6) is 1.20. The molecule has 0 saturated heterocycles. The summed E-state index contributed by atoms with van der Waals surface area (Å²) < 4.78 is 18.3. The first-order valence-electron chi connectivity index (χ1n) is 11.6. The van der Waals surface area contributed by atoms with E-state index in [1.54, 1.807) is 0 Å². The summed E-state index contributed by atoms with van der Waals surface area (Å²) in [5.41, 5.74) is 0.775. The Morgan fingerprint density at radius 2 is 1.91 bits per heavy atom. The molecule has 0 radical (unpaired) electrons. The molecule has 0 amide bonds. The lowest BCUT2D eigenvalue weighted by atomic mass is 9.75. The second-order valence-electron chi connectivity index (χ2n) is 9.28. The van der Waals surface area contributed by atoms with Gasteiger partial charge < -0.3 is 19.3 Å². The van der Waals surface area contributed by atoms with Crippen LogP contribution in [0.2, 0.25) is 0 Å². The molecule has 0 aliphatic carbocycles. The molecule has 5 heteroatoms. The highest BCUT2D eigenvalue weighted by atomic mass is 16.6. The van der Waals surface area contributed by atoms with Crippen molar-refractivity contribution in [2.45, 2.75) is 83.5 Å². The first kappa shape index (κ1) is 24.1. The average Bonchev–Trinajstić information content (AvgIpc) is 2.73. The zero-order valence-corrected chi connectivity index (χ0v) is 19.7. The van der Waals surface area contributed by atoms with Gasteiger partial charge in [0.25, 0.3) is 0 Å². The number of aliphatic hydroxyl groups excluding tert-OH is 1. The summed E-state index contributed by atoms with van der Waals surface area (Å²) in [6.45, 7) is 7.44. The lowest BCUT2D eigenvalue weighted by molar-refractivity contribution is -0.189. The zero-order chi connectivity index (χ0) is 23.2. The van der Waals surface area contributed by atoms with Crippen molar-refractivity contribution in [2.24, 2.45) is 0 Å². The molecule has 32 heavy (non-hydrogen) atoms. The van der Waals surface area contributed by atoms with Crippen LogP contribution >= 0.6 is 0 Å². The van der Waals surface area contributed by atoms with Gasteiger partial charge in [0.1, 0.15) is 17.1 Å². The lowest BCUT2D eigenvalue weighted by Gasteiger charge is -2.49. The van der Waals surface area contributed by atoms with Crippen molar-refractivity contribution >= 4 is 5.97 Å². The molecule has 1 aliphatic rings. The van der Waals surface area contributed by atoms with E-state index in [2.05, 4.69) is 31.2 Å². The van der Waals surface area contributed by atoms with E-state index in [-0.39, 0.29) is 18.7 Å². The Labute approximate surface area is 191 Å². The SMILES string of the molecule is CC(=O)OC1(CCCO)Cc2ccc(OC(C)CCCc3ccccc3)cc2OC1(C)C. The molecule has 0 aromatic heterocycles. The topological polar surface area (TPSA) is 65.0 Å². The number of esters is 1. The number of rotatable bonds is 10. The fraction of sp³-hybridized carbons (Fsp3) is 0.519. The summed E-state index contributed by atoms with van der Waals surface area (Å²) in [5, 5.41) is 9.36. The van der Waals surface area contributed by atoms with Crippen molar-refractivity contribution in [3.05, 3.63) is 59.7 Å². The highest BCUT2D eigenvalue weighted by Gasteiger charge is 2.53.